The molecule has 0 saturated carbocycles. The summed E-state index contributed by atoms with van der Waals surface area (Å²) >= 11 is 0. The van der Waals surface area contributed by atoms with Crippen molar-refractivity contribution in [2.45, 2.75) is 0 Å². The van der Waals surface area contributed by atoms with E-state index in [-0.39, 0.29) is 5.75 Å². The van der Waals surface area contributed by atoms with Gasteiger partial charge in [0, 0.05) is 12.7 Å². The van der Waals surface area contributed by atoms with Crippen LogP contribution in [0.2, 0.25) is 0 Å². The highest BCUT2D eigenvalue weighted by Crippen LogP contribution is 2.25. The number of phenolic OH excluding ortho intramolecular Hbond substituents is 1. The highest BCUT2D eigenvalue weighted by molar-refractivity contribution is 5.76. The molecule has 0 radical (unpaired) electrons. The molecular weight excluding hydrogens is 184 g/mol. The zero-order valence-corrected chi connectivity index (χ0v) is 7.90. The van der Waals surface area contributed by atoms with Gasteiger partial charge in [0.25, 0.3) is 0 Å². The normalized spacial score (nSPS) is 9.79. The van der Waals surface area contributed by atoms with Crippen LogP contribution in [0.1, 0.15) is 10.4 Å². The number of carbonyl (C=O) groups excluding carboxylic acids is 1. The summed E-state index contributed by atoms with van der Waals surface area (Å²) in [4.78, 5) is 10.4. The molecule has 0 heterocycles. The molecule has 4 nitrogen and oxygen atoms in total. The minimum Gasteiger partial charge on any atom is -0.504 e. The lowest BCUT2D eigenvalue weighted by Crippen LogP contribution is -2.04. The summed E-state index contributed by atoms with van der Waals surface area (Å²) in [5.41, 5.74) is 0.468. The van der Waals surface area contributed by atoms with Crippen molar-refractivity contribution >= 4 is 6.29 Å². The first-order chi connectivity index (χ1) is 6.77. The van der Waals surface area contributed by atoms with Crippen molar-refractivity contribution < 1.29 is 19.4 Å². The number of hydrogen-bond donors (Lipinski definition) is 1. The molecule has 0 amide bonds. The minimum atomic E-state index is 0.0201. The maximum Gasteiger partial charge on any atom is 0.161 e. The molecular formula is C10H12O4. The molecule has 1 rings (SSSR count). The van der Waals surface area contributed by atoms with E-state index in [4.69, 9.17) is 9.47 Å². The second-order valence-corrected chi connectivity index (χ2v) is 2.69. The molecule has 0 aliphatic heterocycles. The van der Waals surface area contributed by atoms with Crippen molar-refractivity contribution in [1.82, 2.24) is 0 Å². The Hall–Kier alpha value is -1.55. The van der Waals surface area contributed by atoms with Crippen molar-refractivity contribution in [3.8, 4) is 11.5 Å². The van der Waals surface area contributed by atoms with E-state index >= 15 is 0 Å². The van der Waals surface area contributed by atoms with Gasteiger partial charge in [-0.15, -0.1) is 0 Å². The van der Waals surface area contributed by atoms with E-state index in [1.165, 1.54) is 18.2 Å². The van der Waals surface area contributed by atoms with Gasteiger partial charge < -0.3 is 14.6 Å². The van der Waals surface area contributed by atoms with Crippen molar-refractivity contribution in [2.24, 2.45) is 0 Å². The molecule has 0 aromatic heterocycles. The zero-order valence-electron chi connectivity index (χ0n) is 7.90. The number of carbonyl (C=O) groups is 1. The summed E-state index contributed by atoms with van der Waals surface area (Å²) in [6.07, 6.45) is 0.697. The average molecular weight is 196 g/mol. The van der Waals surface area contributed by atoms with Crippen LogP contribution in [0.3, 0.4) is 0 Å². The lowest BCUT2D eigenvalue weighted by atomic mass is 10.2. The van der Waals surface area contributed by atoms with Gasteiger partial charge in [0.1, 0.15) is 12.9 Å². The summed E-state index contributed by atoms with van der Waals surface area (Å²) < 4.78 is 9.97. The van der Waals surface area contributed by atoms with Crippen LogP contribution >= 0.6 is 0 Å². The van der Waals surface area contributed by atoms with Gasteiger partial charge in [-0.25, -0.2) is 0 Å². The van der Waals surface area contributed by atoms with Crippen LogP contribution in [0.5, 0.6) is 11.5 Å². The van der Waals surface area contributed by atoms with Crippen LogP contribution < -0.4 is 4.74 Å². The van der Waals surface area contributed by atoms with E-state index in [0.29, 0.717) is 30.8 Å². The Morgan fingerprint density at radius 1 is 1.43 bits per heavy atom. The van der Waals surface area contributed by atoms with Crippen LogP contribution in [-0.2, 0) is 4.74 Å². The summed E-state index contributed by atoms with van der Waals surface area (Å²) in [6, 6.07) is 4.43. The summed E-state index contributed by atoms with van der Waals surface area (Å²) in [6.45, 7) is 0.775. The first-order valence-electron chi connectivity index (χ1n) is 4.18. The molecule has 1 aromatic rings. The Bertz CT molecular complexity index is 309. The molecule has 0 spiro atoms. The molecule has 4 heteroatoms. The number of methoxy groups -OCH3 is 1. The van der Waals surface area contributed by atoms with Gasteiger partial charge in [-0.05, 0) is 18.2 Å². The third-order valence-electron chi connectivity index (χ3n) is 1.66. The smallest absolute Gasteiger partial charge is 0.161 e. The molecule has 0 aliphatic rings. The third-order valence-corrected chi connectivity index (χ3v) is 1.66. The van der Waals surface area contributed by atoms with E-state index in [0.717, 1.165) is 0 Å². The number of benzene rings is 1. The molecule has 76 valence electrons. The molecule has 1 aromatic carbocycles. The highest BCUT2D eigenvalue weighted by atomic mass is 16.5. The van der Waals surface area contributed by atoms with Gasteiger partial charge in [-0.1, -0.05) is 0 Å². The monoisotopic (exact) mass is 196 g/mol. The maximum absolute atomic E-state index is 10.4. The van der Waals surface area contributed by atoms with Crippen molar-refractivity contribution in [3.05, 3.63) is 23.8 Å². The topological polar surface area (TPSA) is 55.8 Å². The van der Waals surface area contributed by atoms with Crippen LogP contribution in [-0.4, -0.2) is 31.7 Å². The van der Waals surface area contributed by atoms with Crippen molar-refractivity contribution in [1.29, 1.82) is 0 Å². The van der Waals surface area contributed by atoms with E-state index in [2.05, 4.69) is 0 Å². The number of aldehydes is 1. The van der Waals surface area contributed by atoms with Crippen LogP contribution in [0.4, 0.5) is 0 Å². The van der Waals surface area contributed by atoms with Crippen LogP contribution in [0.15, 0.2) is 18.2 Å². The van der Waals surface area contributed by atoms with Crippen molar-refractivity contribution in [3.63, 3.8) is 0 Å². The lowest BCUT2D eigenvalue weighted by Gasteiger charge is -2.07. The molecule has 0 aliphatic carbocycles. The Morgan fingerprint density at radius 3 is 2.86 bits per heavy atom. The predicted molar refractivity (Wildman–Crippen MR) is 50.9 cm³/mol. The molecule has 0 atom stereocenters. The van der Waals surface area contributed by atoms with E-state index in [1.54, 1.807) is 7.11 Å². The van der Waals surface area contributed by atoms with Gasteiger partial charge >= 0.3 is 0 Å². The van der Waals surface area contributed by atoms with Crippen LogP contribution in [0.25, 0.3) is 0 Å². The summed E-state index contributed by atoms with van der Waals surface area (Å²) in [7, 11) is 1.56. The Kier molecular flexibility index (Phi) is 3.94. The zero-order chi connectivity index (χ0) is 10.4. The molecule has 0 unspecified atom stereocenters. The minimum absolute atomic E-state index is 0.0201. The van der Waals surface area contributed by atoms with Gasteiger partial charge in [-0.2, -0.15) is 0 Å². The predicted octanol–water partition coefficient (Wildman–Crippen LogP) is 1.23. The second-order valence-electron chi connectivity index (χ2n) is 2.69. The van der Waals surface area contributed by atoms with E-state index in [1.807, 2.05) is 0 Å². The van der Waals surface area contributed by atoms with Gasteiger partial charge in [0.2, 0.25) is 0 Å². The Labute approximate surface area is 82.1 Å². The number of ether oxygens (including phenoxy) is 2. The fraction of sp³-hybridized carbons (Fsp3) is 0.300. The Balaban J connectivity index is 2.68. The average Bonchev–Trinajstić information content (AvgIpc) is 2.21. The van der Waals surface area contributed by atoms with E-state index < -0.39 is 0 Å². The fourth-order valence-corrected chi connectivity index (χ4v) is 0.955. The molecule has 1 N–H and O–H groups in total. The number of aromatic hydroxyl groups is 1. The van der Waals surface area contributed by atoms with Crippen LogP contribution in [0, 0.1) is 0 Å². The quantitative estimate of drug-likeness (QED) is 0.568. The fourth-order valence-electron chi connectivity index (χ4n) is 0.955. The first kappa shape index (κ1) is 10.5. The van der Waals surface area contributed by atoms with Gasteiger partial charge in [0.15, 0.2) is 11.5 Å². The molecule has 0 fully saturated rings. The highest BCUT2D eigenvalue weighted by Gasteiger charge is 2.02. The number of rotatable bonds is 5. The van der Waals surface area contributed by atoms with Gasteiger partial charge in [0.05, 0.1) is 6.61 Å². The second kappa shape index (κ2) is 5.24. The first-order valence-corrected chi connectivity index (χ1v) is 4.18. The van der Waals surface area contributed by atoms with Gasteiger partial charge in [-0.3, -0.25) is 4.79 Å². The van der Waals surface area contributed by atoms with Crippen molar-refractivity contribution in [2.75, 3.05) is 20.3 Å². The SMILES string of the molecule is COCCOc1cc(C=O)ccc1O. The van der Waals surface area contributed by atoms with E-state index in [9.17, 15) is 9.90 Å². The summed E-state index contributed by atoms with van der Waals surface area (Å²) in [5.74, 6) is 0.318. The Morgan fingerprint density at radius 2 is 2.21 bits per heavy atom. The summed E-state index contributed by atoms with van der Waals surface area (Å²) in [5, 5.41) is 9.35. The third kappa shape index (κ3) is 2.74. The maximum atomic E-state index is 10.4. The molecule has 14 heavy (non-hydrogen) atoms. The molecule has 0 bridgehead atoms. The largest absolute Gasteiger partial charge is 0.504 e. The molecule has 0 saturated heterocycles. The standard InChI is InChI=1S/C10H12O4/c1-13-4-5-14-10-6-8(7-11)2-3-9(10)12/h2-3,6-7,12H,4-5H2,1H3. The lowest BCUT2D eigenvalue weighted by molar-refractivity contribution is 0.112. The number of hydrogen-bond acceptors (Lipinski definition) is 4. The number of phenols is 1.